The Hall–Kier alpha value is -1.51. The van der Waals surface area contributed by atoms with Crippen molar-refractivity contribution >= 4 is 16.6 Å². The SMILES string of the molecule is CCCN(CC(CC)CC)c1ccc2[nH]ncc2c1. The molecule has 0 aliphatic rings. The number of fused-ring (bicyclic) bond motifs is 1. The molecule has 2 aromatic rings. The van der Waals surface area contributed by atoms with E-state index in [1.165, 1.54) is 30.3 Å². The predicted molar refractivity (Wildman–Crippen MR) is 82.7 cm³/mol. The molecule has 0 radical (unpaired) electrons. The van der Waals surface area contributed by atoms with Gasteiger partial charge in [-0.15, -0.1) is 0 Å². The smallest absolute Gasteiger partial charge is 0.0651 e. The Kier molecular flexibility index (Phi) is 4.83. The van der Waals surface area contributed by atoms with Crippen LogP contribution in [0.25, 0.3) is 10.9 Å². The molecule has 0 aliphatic heterocycles. The summed E-state index contributed by atoms with van der Waals surface area (Å²) in [6, 6.07) is 6.59. The second kappa shape index (κ2) is 6.60. The first kappa shape index (κ1) is 13.9. The molecule has 1 aromatic carbocycles. The highest BCUT2D eigenvalue weighted by molar-refractivity contribution is 5.82. The molecule has 104 valence electrons. The maximum absolute atomic E-state index is 4.10. The fourth-order valence-corrected chi connectivity index (χ4v) is 2.58. The molecule has 0 fully saturated rings. The van der Waals surface area contributed by atoms with Gasteiger partial charge in [0.15, 0.2) is 0 Å². The van der Waals surface area contributed by atoms with Crippen LogP contribution < -0.4 is 4.90 Å². The van der Waals surface area contributed by atoms with Crippen molar-refractivity contribution in [3.8, 4) is 0 Å². The van der Waals surface area contributed by atoms with E-state index < -0.39 is 0 Å². The van der Waals surface area contributed by atoms with E-state index in [1.54, 1.807) is 0 Å². The molecule has 0 unspecified atom stereocenters. The largest absolute Gasteiger partial charge is 0.371 e. The lowest BCUT2D eigenvalue weighted by molar-refractivity contribution is 0.482. The van der Waals surface area contributed by atoms with Gasteiger partial charge in [0.2, 0.25) is 0 Å². The van der Waals surface area contributed by atoms with Gasteiger partial charge >= 0.3 is 0 Å². The average Bonchev–Trinajstić information content (AvgIpc) is 2.90. The standard InChI is InChI=1S/C16H25N3/c1-4-9-19(12-13(5-2)6-3)15-7-8-16-14(10-15)11-17-18-16/h7-8,10-11,13H,4-6,9,12H2,1-3H3,(H,17,18). The van der Waals surface area contributed by atoms with Gasteiger partial charge in [0.1, 0.15) is 0 Å². The molecule has 0 spiro atoms. The Balaban J connectivity index is 2.21. The summed E-state index contributed by atoms with van der Waals surface area (Å²) in [6.45, 7) is 9.11. The first-order valence-electron chi connectivity index (χ1n) is 7.46. The van der Waals surface area contributed by atoms with E-state index >= 15 is 0 Å². The second-order valence-corrected chi connectivity index (χ2v) is 5.27. The summed E-state index contributed by atoms with van der Waals surface area (Å²) in [5, 5.41) is 8.31. The molecule has 1 aromatic heterocycles. The quantitative estimate of drug-likeness (QED) is 0.807. The third-order valence-electron chi connectivity index (χ3n) is 3.92. The maximum Gasteiger partial charge on any atom is 0.0651 e. The molecule has 1 heterocycles. The zero-order valence-electron chi connectivity index (χ0n) is 12.3. The molecule has 0 aliphatic carbocycles. The van der Waals surface area contributed by atoms with Gasteiger partial charge in [-0.3, -0.25) is 5.10 Å². The summed E-state index contributed by atoms with van der Waals surface area (Å²) in [5.74, 6) is 0.784. The van der Waals surface area contributed by atoms with E-state index in [0.717, 1.165) is 24.5 Å². The summed E-state index contributed by atoms with van der Waals surface area (Å²) < 4.78 is 0. The molecule has 0 bridgehead atoms. The Morgan fingerprint density at radius 1 is 1.21 bits per heavy atom. The number of benzene rings is 1. The lowest BCUT2D eigenvalue weighted by Crippen LogP contribution is -2.29. The van der Waals surface area contributed by atoms with Crippen molar-refractivity contribution in [2.24, 2.45) is 5.92 Å². The van der Waals surface area contributed by atoms with Crippen LogP contribution in [0.1, 0.15) is 40.0 Å². The lowest BCUT2D eigenvalue weighted by Gasteiger charge is -2.28. The molecule has 0 atom stereocenters. The molecule has 0 amide bonds. The van der Waals surface area contributed by atoms with Crippen LogP contribution in [0, 0.1) is 5.92 Å². The third kappa shape index (κ3) is 3.28. The maximum atomic E-state index is 4.10. The first-order chi connectivity index (χ1) is 9.28. The van der Waals surface area contributed by atoms with Crippen LogP contribution in [-0.2, 0) is 0 Å². The monoisotopic (exact) mass is 259 g/mol. The van der Waals surface area contributed by atoms with Gasteiger partial charge in [0.25, 0.3) is 0 Å². The summed E-state index contributed by atoms with van der Waals surface area (Å²) in [7, 11) is 0. The lowest BCUT2D eigenvalue weighted by atomic mass is 10.0. The van der Waals surface area contributed by atoms with Gasteiger partial charge in [-0.05, 0) is 30.5 Å². The van der Waals surface area contributed by atoms with Gasteiger partial charge in [-0.25, -0.2) is 0 Å². The van der Waals surface area contributed by atoms with Gasteiger partial charge in [0, 0.05) is 24.2 Å². The van der Waals surface area contributed by atoms with Crippen molar-refractivity contribution in [2.75, 3.05) is 18.0 Å². The van der Waals surface area contributed by atoms with Gasteiger partial charge in [-0.2, -0.15) is 5.10 Å². The molecule has 1 N–H and O–H groups in total. The number of nitrogens with zero attached hydrogens (tertiary/aromatic N) is 2. The fourth-order valence-electron chi connectivity index (χ4n) is 2.58. The van der Waals surface area contributed by atoms with Crippen molar-refractivity contribution in [1.82, 2.24) is 10.2 Å². The zero-order valence-corrected chi connectivity index (χ0v) is 12.3. The summed E-state index contributed by atoms with van der Waals surface area (Å²) in [6.07, 6.45) is 5.60. The number of H-pyrrole nitrogens is 1. The van der Waals surface area contributed by atoms with Crippen LogP contribution in [0.3, 0.4) is 0 Å². The summed E-state index contributed by atoms with van der Waals surface area (Å²) in [5.41, 5.74) is 2.44. The second-order valence-electron chi connectivity index (χ2n) is 5.27. The zero-order chi connectivity index (χ0) is 13.7. The minimum Gasteiger partial charge on any atom is -0.371 e. The minimum absolute atomic E-state index is 0.784. The Morgan fingerprint density at radius 2 is 2.00 bits per heavy atom. The van der Waals surface area contributed by atoms with Crippen LogP contribution in [0.4, 0.5) is 5.69 Å². The Morgan fingerprint density at radius 3 is 2.68 bits per heavy atom. The molecule has 2 rings (SSSR count). The normalized spacial score (nSPS) is 11.4. The van der Waals surface area contributed by atoms with Crippen molar-refractivity contribution in [3.05, 3.63) is 24.4 Å². The highest BCUT2D eigenvalue weighted by Gasteiger charge is 2.12. The number of nitrogens with one attached hydrogen (secondary N) is 1. The van der Waals surface area contributed by atoms with Crippen molar-refractivity contribution in [3.63, 3.8) is 0 Å². The highest BCUT2D eigenvalue weighted by Crippen LogP contribution is 2.23. The van der Waals surface area contributed by atoms with Gasteiger partial charge in [-0.1, -0.05) is 33.6 Å². The van der Waals surface area contributed by atoms with E-state index in [-0.39, 0.29) is 0 Å². The van der Waals surface area contributed by atoms with Crippen LogP contribution in [0.15, 0.2) is 24.4 Å². The number of anilines is 1. The van der Waals surface area contributed by atoms with Crippen molar-refractivity contribution < 1.29 is 0 Å². The minimum atomic E-state index is 0.784. The van der Waals surface area contributed by atoms with E-state index in [2.05, 4.69) is 54.1 Å². The summed E-state index contributed by atoms with van der Waals surface area (Å²) in [4.78, 5) is 2.52. The van der Waals surface area contributed by atoms with Crippen LogP contribution >= 0.6 is 0 Å². The van der Waals surface area contributed by atoms with E-state index in [4.69, 9.17) is 0 Å². The summed E-state index contributed by atoms with van der Waals surface area (Å²) >= 11 is 0. The highest BCUT2D eigenvalue weighted by atomic mass is 15.1. The van der Waals surface area contributed by atoms with E-state index in [1.807, 2.05) is 6.20 Å². The average molecular weight is 259 g/mol. The van der Waals surface area contributed by atoms with Crippen molar-refractivity contribution in [2.45, 2.75) is 40.0 Å². The number of hydrogen-bond donors (Lipinski definition) is 1. The first-order valence-corrected chi connectivity index (χ1v) is 7.46. The van der Waals surface area contributed by atoms with Crippen LogP contribution in [-0.4, -0.2) is 23.3 Å². The van der Waals surface area contributed by atoms with E-state index in [0.29, 0.717) is 0 Å². The fraction of sp³-hybridized carbons (Fsp3) is 0.562. The van der Waals surface area contributed by atoms with Crippen LogP contribution in [0.2, 0.25) is 0 Å². The number of hydrogen-bond acceptors (Lipinski definition) is 2. The topological polar surface area (TPSA) is 31.9 Å². The number of aromatic nitrogens is 2. The molecule has 3 heteroatoms. The molecule has 3 nitrogen and oxygen atoms in total. The van der Waals surface area contributed by atoms with Crippen molar-refractivity contribution in [1.29, 1.82) is 0 Å². The molecule has 19 heavy (non-hydrogen) atoms. The van der Waals surface area contributed by atoms with Gasteiger partial charge in [0.05, 0.1) is 11.7 Å². The Bertz CT molecular complexity index is 499. The van der Waals surface area contributed by atoms with Gasteiger partial charge < -0.3 is 4.90 Å². The third-order valence-corrected chi connectivity index (χ3v) is 3.92. The van der Waals surface area contributed by atoms with E-state index in [9.17, 15) is 0 Å². The predicted octanol–water partition coefficient (Wildman–Crippen LogP) is 4.22. The molecular weight excluding hydrogens is 234 g/mol. The Labute approximate surface area is 116 Å². The van der Waals surface area contributed by atoms with Crippen LogP contribution in [0.5, 0.6) is 0 Å². The molecule has 0 saturated heterocycles. The molecular formula is C16H25N3. The number of aromatic amines is 1. The number of rotatable bonds is 7. The molecule has 0 saturated carbocycles.